The Labute approximate surface area is 442 Å². The van der Waals surface area contributed by atoms with E-state index in [2.05, 4.69) is 253 Å². The molecule has 0 heterocycles. The van der Waals surface area contributed by atoms with Crippen molar-refractivity contribution in [3.8, 4) is 11.1 Å². The van der Waals surface area contributed by atoms with Gasteiger partial charge in [0.05, 0.1) is 0 Å². The van der Waals surface area contributed by atoms with Crippen LogP contribution in [0.3, 0.4) is 0 Å². The van der Waals surface area contributed by atoms with E-state index < -0.39 is 15.8 Å². The second-order valence-electron chi connectivity index (χ2n) is 19.3. The Hall–Kier alpha value is -4.42. The molecule has 4 nitrogen and oxygen atoms in total. The summed E-state index contributed by atoms with van der Waals surface area (Å²) in [6.07, 6.45) is 0. The number of aryl methyl sites for hydroxylation is 8. The fourth-order valence-corrected chi connectivity index (χ4v) is 17.0. The van der Waals surface area contributed by atoms with Crippen molar-refractivity contribution < 1.29 is 45.2 Å². The maximum absolute atomic E-state index is 2.49. The fraction of sp³-hybridized carbons (Fsp3) is 0.267. The van der Waals surface area contributed by atoms with Crippen LogP contribution in [0.4, 0.5) is 22.7 Å². The van der Waals surface area contributed by atoms with Gasteiger partial charge in [0.25, 0.3) is 0 Å². The van der Waals surface area contributed by atoms with E-state index in [-0.39, 0.29) is 45.2 Å². The molecule has 8 aromatic carbocycles. The van der Waals surface area contributed by atoms with Crippen LogP contribution in [0, 0.1) is 55.4 Å². The Balaban J connectivity index is 0.00000296. The van der Waals surface area contributed by atoms with Crippen molar-refractivity contribution in [1.82, 2.24) is 0 Å². The number of halogens is 2. The monoisotopic (exact) mass is 1080 g/mol. The Kier molecular flexibility index (Phi) is 18.0. The Bertz CT molecular complexity index is 2750. The van der Waals surface area contributed by atoms with Gasteiger partial charge in [0.2, 0.25) is 0 Å². The topological polar surface area (TPSA) is 13.0 Å². The third-order valence-electron chi connectivity index (χ3n) is 13.3. The normalized spacial score (nSPS) is 11.1. The van der Waals surface area contributed by atoms with E-state index in [9.17, 15) is 0 Å². The summed E-state index contributed by atoms with van der Waals surface area (Å²) in [7, 11) is 15.2. The van der Waals surface area contributed by atoms with Crippen LogP contribution in [0.1, 0.15) is 44.5 Å². The van der Waals surface area contributed by atoms with Crippen LogP contribution in [0.2, 0.25) is 0 Å². The zero-order chi connectivity index (χ0) is 47.5. The van der Waals surface area contributed by atoms with Crippen molar-refractivity contribution in [2.24, 2.45) is 0 Å². The van der Waals surface area contributed by atoms with Crippen LogP contribution in [0.15, 0.2) is 121 Å². The van der Waals surface area contributed by atoms with E-state index in [1.165, 1.54) is 132 Å². The minimum atomic E-state index is -1.07. The molecule has 0 aliphatic rings. The van der Waals surface area contributed by atoms with Gasteiger partial charge in [-0.3, -0.25) is 0 Å². The van der Waals surface area contributed by atoms with Gasteiger partial charge in [0.1, 0.15) is 0 Å². The molecule has 0 bridgehead atoms. The van der Waals surface area contributed by atoms with E-state index in [4.69, 9.17) is 0 Å². The summed E-state index contributed by atoms with van der Waals surface area (Å²) in [5, 5.41) is 13.3. The third-order valence-corrected chi connectivity index (χ3v) is 18.1. The molecule has 0 fully saturated rings. The average molecular weight is 1080 g/mol. The van der Waals surface area contributed by atoms with Gasteiger partial charge in [0.15, 0.2) is 0 Å². The van der Waals surface area contributed by atoms with Crippen LogP contribution >= 0.6 is 15.8 Å². The summed E-state index contributed by atoms with van der Waals surface area (Å²) in [6, 6.07) is 47.9. The quantitative estimate of drug-likeness (QED) is 0.118. The summed E-state index contributed by atoms with van der Waals surface area (Å²) in [5.74, 6) is 0. The molecule has 0 atom stereocenters. The average Bonchev–Trinajstić information content (AvgIpc) is 3.22. The number of rotatable bonds is 11. The molecule has 0 saturated heterocycles. The summed E-state index contributed by atoms with van der Waals surface area (Å²) >= 11 is 0. The van der Waals surface area contributed by atoms with Gasteiger partial charge < -0.3 is 44.4 Å². The summed E-state index contributed by atoms with van der Waals surface area (Å²) in [6.45, 7) is 18.3. The molecule has 0 N–H and O–H groups in total. The van der Waals surface area contributed by atoms with E-state index in [1.54, 1.807) is 0 Å². The molecule has 0 unspecified atom stereocenters. The Morgan fingerprint density at radius 3 is 0.739 bits per heavy atom. The Morgan fingerprint density at radius 1 is 0.304 bits per heavy atom. The second-order valence-corrected chi connectivity index (χ2v) is 23.7. The maximum atomic E-state index is 2.49. The van der Waals surface area contributed by atoms with Gasteiger partial charge in [-0.25, -0.2) is 0 Å². The largest absolute Gasteiger partial charge is 2.00 e. The van der Waals surface area contributed by atoms with Gasteiger partial charge in [-0.05, 0) is 229 Å². The van der Waals surface area contributed by atoms with Crippen molar-refractivity contribution in [2.45, 2.75) is 55.4 Å². The van der Waals surface area contributed by atoms with Crippen molar-refractivity contribution in [3.63, 3.8) is 0 Å². The number of nitrogens with zero attached hydrogens (tertiary/aromatic N) is 4. The number of hydrogen-bond donors (Lipinski definition) is 0. The molecule has 0 amide bonds. The van der Waals surface area contributed by atoms with Gasteiger partial charge in [-0.1, -0.05) is 72.8 Å². The molecule has 0 aliphatic heterocycles. The Morgan fingerprint density at radius 2 is 0.522 bits per heavy atom. The summed E-state index contributed by atoms with van der Waals surface area (Å²) < 4.78 is 0. The summed E-state index contributed by atoms with van der Waals surface area (Å²) in [4.78, 5) is 9.08. The number of hydrogen-bond acceptors (Lipinski definition) is 4. The predicted octanol–water partition coefficient (Wildman–Crippen LogP) is 5.91. The molecule has 0 spiro atoms. The third kappa shape index (κ3) is 10.5. The van der Waals surface area contributed by atoms with Crippen LogP contribution in [-0.2, 0) is 20.4 Å². The molecular weight excluding hydrogens is 1020 g/mol. The number of benzene rings is 8. The first kappa shape index (κ1) is 55.5. The van der Waals surface area contributed by atoms with Crippen LogP contribution < -0.4 is 76.2 Å². The maximum Gasteiger partial charge on any atom is 2.00 e. The zero-order valence-electron chi connectivity index (χ0n) is 43.3. The van der Waals surface area contributed by atoms with E-state index in [0.717, 1.165) is 0 Å². The fourth-order valence-electron chi connectivity index (χ4n) is 11.3. The molecule has 0 aliphatic carbocycles. The zero-order valence-corrected chi connectivity index (χ0v) is 48.2. The molecule has 0 aromatic heterocycles. The molecule has 0 saturated carbocycles. The van der Waals surface area contributed by atoms with Crippen molar-refractivity contribution in [1.29, 1.82) is 0 Å². The second kappa shape index (κ2) is 22.3. The SMILES string of the molecule is Cc1cc(P(c2cc(C)c(N(C)C)c(C)c2)c2ccc3ccccc3c2-c2c(P(c3cc(C)c(N(C)C)c(C)c3)c3cc(C)c(N(C)C)c(C)c3)ccc3ccccc23)cc(C)c1N(C)C.[Cl-].[Cl-].[Pd+2]. The van der Waals surface area contributed by atoms with Gasteiger partial charge in [-0.2, -0.15) is 0 Å². The minimum absolute atomic E-state index is 0. The number of anilines is 4. The first-order valence-corrected chi connectivity index (χ1v) is 25.8. The van der Waals surface area contributed by atoms with Crippen LogP contribution in [-0.4, -0.2) is 56.4 Å². The van der Waals surface area contributed by atoms with Crippen molar-refractivity contribution in [3.05, 3.63) is 166 Å². The van der Waals surface area contributed by atoms with Crippen molar-refractivity contribution >= 4 is 92.0 Å². The van der Waals surface area contributed by atoms with E-state index >= 15 is 0 Å². The molecule has 8 aromatic rings. The molecule has 0 radical (unpaired) electrons. The van der Waals surface area contributed by atoms with Crippen LogP contribution in [0.5, 0.6) is 0 Å². The number of fused-ring (bicyclic) bond motifs is 2. The molecule has 8 rings (SSSR count). The van der Waals surface area contributed by atoms with E-state index in [1.807, 2.05) is 0 Å². The first-order chi connectivity index (χ1) is 31.4. The minimum Gasteiger partial charge on any atom is -1.00 e. The van der Waals surface area contributed by atoms with Gasteiger partial charge in [0, 0.05) is 79.1 Å². The molecule has 9 heteroatoms. The van der Waals surface area contributed by atoms with Gasteiger partial charge in [-0.15, -0.1) is 0 Å². The smallest absolute Gasteiger partial charge is 1.00 e. The first-order valence-electron chi connectivity index (χ1n) is 23.2. The molecule has 69 heavy (non-hydrogen) atoms. The van der Waals surface area contributed by atoms with Gasteiger partial charge >= 0.3 is 20.4 Å². The van der Waals surface area contributed by atoms with Crippen LogP contribution in [0.25, 0.3) is 32.7 Å². The predicted molar refractivity (Wildman–Crippen MR) is 300 cm³/mol. The molecular formula is C60H68Cl2N4P2Pd. The summed E-state index contributed by atoms with van der Waals surface area (Å²) in [5.41, 5.74) is 18.3. The van der Waals surface area contributed by atoms with Crippen molar-refractivity contribution in [2.75, 3.05) is 76.0 Å². The molecule has 362 valence electrons. The van der Waals surface area contributed by atoms with E-state index in [0.29, 0.717) is 0 Å². The standard InChI is InChI=1S/C60H68N4P2.2ClH.Pd/c1-37-29-47(30-38(2)57(37)61(9)10)65(48-31-39(3)58(62(11)12)40(4)32-48)53-27-25-45-21-17-19-23-51(45)55(53)56-52-24-20-18-22-46(52)26-28-54(56)66(49-33-41(5)59(63(13)14)42(6)34-49)50-35-43(7)60(64(15)16)44(8)36-50;;;/h17-36H,1-16H3;2*1H;/q;;;+2/p-2.